The van der Waals surface area contributed by atoms with Crippen LogP contribution in [0.15, 0.2) is 10.2 Å². The summed E-state index contributed by atoms with van der Waals surface area (Å²) < 4.78 is 7.25. The van der Waals surface area contributed by atoms with Gasteiger partial charge in [-0.05, 0) is 48.5 Å². The molecule has 0 bridgehead atoms. The van der Waals surface area contributed by atoms with E-state index in [1.54, 1.807) is 16.0 Å². The van der Waals surface area contributed by atoms with Crippen molar-refractivity contribution in [3.05, 3.63) is 16.3 Å². The molecule has 138 valence electrons. The molecule has 0 radical (unpaired) electrons. The quantitative estimate of drug-likeness (QED) is 0.646. The second kappa shape index (κ2) is 7.55. The molecule has 3 aromatic rings. The van der Waals surface area contributed by atoms with Crippen molar-refractivity contribution in [2.45, 2.75) is 44.0 Å². The molecule has 3 aromatic heterocycles. The Kier molecular flexibility index (Phi) is 5.16. The molecule has 4 rings (SSSR count). The number of nitrogens with one attached hydrogen (secondary N) is 1. The molecule has 1 N–H and O–H groups in total. The highest BCUT2D eigenvalue weighted by atomic mass is 32.2. The molecule has 4 heterocycles. The molecule has 0 saturated carbocycles. The zero-order valence-electron chi connectivity index (χ0n) is 15.2. The van der Waals surface area contributed by atoms with Gasteiger partial charge in [-0.2, -0.15) is 0 Å². The van der Waals surface area contributed by atoms with E-state index in [2.05, 4.69) is 29.4 Å². The van der Waals surface area contributed by atoms with Crippen LogP contribution in [0.25, 0.3) is 10.2 Å². The van der Waals surface area contributed by atoms with Gasteiger partial charge in [0.25, 0.3) is 0 Å². The lowest BCUT2D eigenvalue weighted by Gasteiger charge is -2.23. The maximum atomic E-state index is 5.46. The van der Waals surface area contributed by atoms with Gasteiger partial charge in [-0.25, -0.2) is 14.6 Å². The highest BCUT2D eigenvalue weighted by Crippen LogP contribution is 2.37. The Morgan fingerprint density at radius 1 is 1.23 bits per heavy atom. The SMILES string of the molecule is CCn1nnnc1Sc1nc(C[NH+]2CCOCC2)nc2sc(C)c(C)c12. The number of aryl methyl sites for hydroxylation is 3. The summed E-state index contributed by atoms with van der Waals surface area (Å²) in [5.41, 5.74) is 1.24. The fraction of sp³-hybridized carbons (Fsp3) is 0.562. The molecule has 0 unspecified atom stereocenters. The summed E-state index contributed by atoms with van der Waals surface area (Å²) in [6.07, 6.45) is 0. The lowest BCUT2D eigenvalue weighted by Crippen LogP contribution is -3.12. The van der Waals surface area contributed by atoms with E-state index < -0.39 is 0 Å². The van der Waals surface area contributed by atoms with E-state index in [-0.39, 0.29) is 0 Å². The largest absolute Gasteiger partial charge is 0.370 e. The monoisotopic (exact) mass is 392 g/mol. The van der Waals surface area contributed by atoms with Crippen LogP contribution < -0.4 is 4.90 Å². The summed E-state index contributed by atoms with van der Waals surface area (Å²) in [6.45, 7) is 11.5. The van der Waals surface area contributed by atoms with E-state index in [1.165, 1.54) is 27.1 Å². The molecule has 8 nitrogen and oxygen atoms in total. The Morgan fingerprint density at radius 2 is 2.04 bits per heavy atom. The number of quaternary nitrogens is 1. The maximum Gasteiger partial charge on any atom is 0.215 e. The topological polar surface area (TPSA) is 83.0 Å². The van der Waals surface area contributed by atoms with Crippen molar-refractivity contribution < 1.29 is 9.64 Å². The average Bonchev–Trinajstić information content (AvgIpc) is 3.20. The molecule has 0 atom stereocenters. The Bertz CT molecular complexity index is 917. The molecule has 0 aromatic carbocycles. The summed E-state index contributed by atoms with van der Waals surface area (Å²) in [4.78, 5) is 13.6. The van der Waals surface area contributed by atoms with Gasteiger partial charge in [-0.15, -0.1) is 16.4 Å². The fourth-order valence-corrected chi connectivity index (χ4v) is 5.16. The summed E-state index contributed by atoms with van der Waals surface area (Å²) >= 11 is 3.26. The Hall–Kier alpha value is -1.62. The molecule has 1 fully saturated rings. The molecule has 0 aliphatic carbocycles. The first-order valence-corrected chi connectivity index (χ1v) is 10.4. The van der Waals surface area contributed by atoms with Crippen molar-refractivity contribution in [3.8, 4) is 0 Å². The van der Waals surface area contributed by atoms with Crippen molar-refractivity contribution in [2.75, 3.05) is 26.3 Å². The maximum absolute atomic E-state index is 5.46. The molecule has 10 heteroatoms. The number of aromatic nitrogens is 6. The molecule has 1 saturated heterocycles. The van der Waals surface area contributed by atoms with E-state index >= 15 is 0 Å². The number of hydrogen-bond donors (Lipinski definition) is 1. The average molecular weight is 393 g/mol. The van der Waals surface area contributed by atoms with Crippen molar-refractivity contribution in [1.82, 2.24) is 30.2 Å². The number of tetrazole rings is 1. The first-order valence-electron chi connectivity index (χ1n) is 8.77. The van der Waals surface area contributed by atoms with E-state index in [0.717, 1.165) is 65.6 Å². The first-order chi connectivity index (χ1) is 12.7. The van der Waals surface area contributed by atoms with Crippen molar-refractivity contribution in [2.24, 2.45) is 0 Å². The Labute approximate surface area is 160 Å². The fourth-order valence-electron chi connectivity index (χ4n) is 3.02. The van der Waals surface area contributed by atoms with E-state index in [9.17, 15) is 0 Å². The number of hydrogen-bond acceptors (Lipinski definition) is 8. The number of rotatable bonds is 5. The smallest absolute Gasteiger partial charge is 0.215 e. The molecule has 0 spiro atoms. The minimum Gasteiger partial charge on any atom is -0.370 e. The Morgan fingerprint density at radius 3 is 2.81 bits per heavy atom. The van der Waals surface area contributed by atoms with Gasteiger partial charge in [0, 0.05) is 16.8 Å². The lowest BCUT2D eigenvalue weighted by molar-refractivity contribution is -0.922. The zero-order valence-corrected chi connectivity index (χ0v) is 16.8. The van der Waals surface area contributed by atoms with E-state index in [1.807, 2.05) is 6.92 Å². The number of fused-ring (bicyclic) bond motifs is 1. The lowest BCUT2D eigenvalue weighted by atomic mass is 10.2. The van der Waals surface area contributed by atoms with E-state index in [4.69, 9.17) is 14.7 Å². The van der Waals surface area contributed by atoms with Crippen LogP contribution in [0.2, 0.25) is 0 Å². The highest BCUT2D eigenvalue weighted by Gasteiger charge is 2.21. The predicted molar refractivity (Wildman–Crippen MR) is 99.7 cm³/mol. The summed E-state index contributed by atoms with van der Waals surface area (Å²) in [6, 6.07) is 0. The number of ether oxygens (including phenoxy) is 1. The first kappa shape index (κ1) is 17.8. The Balaban J connectivity index is 1.73. The van der Waals surface area contributed by atoms with Crippen LogP contribution in [0.1, 0.15) is 23.2 Å². The third kappa shape index (κ3) is 3.46. The number of thiophene rings is 1. The van der Waals surface area contributed by atoms with Gasteiger partial charge in [-0.1, -0.05) is 0 Å². The molecule has 1 aliphatic rings. The molecular formula is C16H22N7OS2+. The standard InChI is InChI=1S/C16H21N7OS2/c1-4-23-16(19-20-21-23)26-15-13-10(2)11(3)25-14(13)17-12(18-15)9-22-5-7-24-8-6-22/h4-9H2,1-3H3/p+1. The van der Waals surface area contributed by atoms with Crippen LogP contribution >= 0.6 is 23.1 Å². The van der Waals surface area contributed by atoms with Crippen LogP contribution in [0.5, 0.6) is 0 Å². The van der Waals surface area contributed by atoms with Crippen molar-refractivity contribution in [3.63, 3.8) is 0 Å². The van der Waals surface area contributed by atoms with E-state index in [0.29, 0.717) is 0 Å². The highest BCUT2D eigenvalue weighted by molar-refractivity contribution is 7.99. The molecule has 0 amide bonds. The number of morpholine rings is 1. The summed E-state index contributed by atoms with van der Waals surface area (Å²) in [5, 5.41) is 14.8. The molecular weight excluding hydrogens is 370 g/mol. The normalized spacial score (nSPS) is 15.8. The van der Waals surface area contributed by atoms with Crippen LogP contribution in [0, 0.1) is 13.8 Å². The van der Waals surface area contributed by atoms with Gasteiger partial charge in [0.1, 0.15) is 29.5 Å². The van der Waals surface area contributed by atoms with Crippen LogP contribution in [0.4, 0.5) is 0 Å². The second-order valence-corrected chi connectivity index (χ2v) is 8.49. The van der Waals surface area contributed by atoms with Gasteiger partial charge < -0.3 is 9.64 Å². The minimum atomic E-state index is 0.732. The van der Waals surface area contributed by atoms with Gasteiger partial charge in [-0.3, -0.25) is 0 Å². The summed E-state index contributed by atoms with van der Waals surface area (Å²) in [7, 11) is 0. The number of nitrogens with zero attached hydrogens (tertiary/aromatic N) is 6. The van der Waals surface area contributed by atoms with Gasteiger partial charge >= 0.3 is 0 Å². The minimum absolute atomic E-state index is 0.732. The van der Waals surface area contributed by atoms with Gasteiger partial charge in [0.15, 0.2) is 5.82 Å². The zero-order chi connectivity index (χ0) is 18.1. The van der Waals surface area contributed by atoms with Crippen LogP contribution in [-0.2, 0) is 17.8 Å². The van der Waals surface area contributed by atoms with Gasteiger partial charge in [0.2, 0.25) is 5.16 Å². The third-order valence-electron chi connectivity index (χ3n) is 4.64. The second-order valence-electron chi connectivity index (χ2n) is 6.33. The third-order valence-corrected chi connectivity index (χ3v) is 6.70. The molecule has 1 aliphatic heterocycles. The van der Waals surface area contributed by atoms with Crippen molar-refractivity contribution >= 4 is 33.3 Å². The van der Waals surface area contributed by atoms with Crippen LogP contribution in [-0.4, -0.2) is 56.5 Å². The van der Waals surface area contributed by atoms with Gasteiger partial charge in [0.05, 0.1) is 13.2 Å². The van der Waals surface area contributed by atoms with Crippen molar-refractivity contribution in [1.29, 1.82) is 0 Å². The summed E-state index contributed by atoms with van der Waals surface area (Å²) in [5.74, 6) is 0.883. The predicted octanol–water partition coefficient (Wildman–Crippen LogP) is 0.881. The van der Waals surface area contributed by atoms with Crippen LogP contribution in [0.3, 0.4) is 0 Å². The molecule has 26 heavy (non-hydrogen) atoms.